The van der Waals surface area contributed by atoms with E-state index in [2.05, 4.69) is 11.1 Å². The minimum atomic E-state index is -4.42. The van der Waals surface area contributed by atoms with E-state index in [0.29, 0.717) is 26.1 Å². The second-order valence-electron chi connectivity index (χ2n) is 9.86. The topological polar surface area (TPSA) is 62.7 Å². The third-order valence-electron chi connectivity index (χ3n) is 6.92. The molecule has 8 heteroatoms. The average molecular weight is 551 g/mol. The highest BCUT2D eigenvalue weighted by Gasteiger charge is 2.37. The van der Waals surface area contributed by atoms with Crippen molar-refractivity contribution in [1.29, 1.82) is 0 Å². The molecule has 0 radical (unpaired) electrons. The zero-order chi connectivity index (χ0) is 29.0. The molecule has 2 aromatic rings. The first-order chi connectivity index (χ1) is 18.7. The van der Waals surface area contributed by atoms with Crippen molar-refractivity contribution in [2.45, 2.75) is 98.5 Å². The fraction of sp³-hybridized carbons (Fsp3) is 0.613. The molecule has 2 atom stereocenters. The van der Waals surface area contributed by atoms with Gasteiger partial charge >= 0.3 is 12.1 Å². The molecular weight excluding hydrogens is 505 g/mol. The summed E-state index contributed by atoms with van der Waals surface area (Å²) in [4.78, 5) is 16.9. The lowest BCUT2D eigenvalue weighted by Crippen LogP contribution is -2.41. The number of alkyl halides is 3. The molecule has 0 bridgehead atoms. The third-order valence-corrected chi connectivity index (χ3v) is 6.92. The lowest BCUT2D eigenvalue weighted by Gasteiger charge is -2.39. The molecule has 5 nitrogen and oxygen atoms in total. The third kappa shape index (κ3) is 9.82. The summed E-state index contributed by atoms with van der Waals surface area (Å²) in [5.41, 5.74) is 2.62. The fourth-order valence-electron chi connectivity index (χ4n) is 4.71. The summed E-state index contributed by atoms with van der Waals surface area (Å²) < 4.78 is 46.2. The van der Waals surface area contributed by atoms with E-state index in [-0.39, 0.29) is 17.8 Å². The molecule has 3 aliphatic rings. The number of carboxylic acids is 1. The van der Waals surface area contributed by atoms with Crippen molar-refractivity contribution < 1.29 is 27.8 Å². The smallest absolute Gasteiger partial charge is 0.419 e. The number of aliphatic carboxylic acids is 1. The predicted molar refractivity (Wildman–Crippen MR) is 150 cm³/mol. The van der Waals surface area contributed by atoms with Crippen LogP contribution in [0.2, 0.25) is 0 Å². The summed E-state index contributed by atoms with van der Waals surface area (Å²) in [7, 11) is 0. The van der Waals surface area contributed by atoms with Gasteiger partial charge < -0.3 is 14.7 Å². The van der Waals surface area contributed by atoms with Crippen LogP contribution in [0.4, 0.5) is 19.0 Å². The summed E-state index contributed by atoms with van der Waals surface area (Å²) in [6.45, 7) is 11.2. The number of halogens is 3. The van der Waals surface area contributed by atoms with Gasteiger partial charge in [-0.05, 0) is 60.4 Å². The number of piperidine rings is 1. The largest absolute Gasteiger partial charge is 0.481 e. The van der Waals surface area contributed by atoms with E-state index in [1.807, 2.05) is 39.8 Å². The molecule has 2 aliphatic heterocycles. The quantitative estimate of drug-likeness (QED) is 0.409. The van der Waals surface area contributed by atoms with Crippen LogP contribution in [0.3, 0.4) is 0 Å². The average Bonchev–Trinajstić information content (AvgIpc) is 3.84. The number of nitrogens with zero attached hydrogens (tertiary/aromatic N) is 2. The normalized spacial score (nSPS) is 19.1. The van der Waals surface area contributed by atoms with Crippen LogP contribution in [0.5, 0.6) is 0 Å². The lowest BCUT2D eigenvalue weighted by molar-refractivity contribution is -0.141. The van der Waals surface area contributed by atoms with E-state index >= 15 is 0 Å². The number of pyridine rings is 1. The first-order valence-electron chi connectivity index (χ1n) is 14.4. The van der Waals surface area contributed by atoms with Gasteiger partial charge in [-0.25, -0.2) is 4.98 Å². The summed E-state index contributed by atoms with van der Waals surface area (Å²) >= 11 is 0. The Morgan fingerprint density at radius 1 is 1.08 bits per heavy atom. The molecule has 3 heterocycles. The molecule has 0 amide bonds. The number of hydrogen-bond donors (Lipinski definition) is 1. The van der Waals surface area contributed by atoms with Gasteiger partial charge in [0.05, 0.1) is 24.2 Å². The van der Waals surface area contributed by atoms with Crippen LogP contribution in [0.1, 0.15) is 89.0 Å². The molecule has 218 valence electrons. The van der Waals surface area contributed by atoms with Crippen molar-refractivity contribution in [2.24, 2.45) is 11.8 Å². The van der Waals surface area contributed by atoms with E-state index in [1.165, 1.54) is 37.1 Å². The predicted octanol–water partition coefficient (Wildman–Crippen LogP) is 7.94. The van der Waals surface area contributed by atoms with Crippen molar-refractivity contribution in [3.63, 3.8) is 0 Å². The van der Waals surface area contributed by atoms with Gasteiger partial charge in [0, 0.05) is 19.3 Å². The molecule has 0 spiro atoms. The summed E-state index contributed by atoms with van der Waals surface area (Å²) in [5.74, 6) is -0.983. The summed E-state index contributed by atoms with van der Waals surface area (Å²) in [6.07, 6.45) is 4.20. The number of anilines is 1. The van der Waals surface area contributed by atoms with Gasteiger partial charge in [-0.15, -0.1) is 0 Å². The molecule has 2 fully saturated rings. The van der Waals surface area contributed by atoms with Crippen LogP contribution < -0.4 is 4.90 Å². The Morgan fingerprint density at radius 3 is 2.28 bits per heavy atom. The number of ether oxygens (including phenoxy) is 1. The molecule has 1 aromatic carbocycles. The first kappa shape index (κ1) is 32.6. The van der Waals surface area contributed by atoms with Crippen molar-refractivity contribution in [3.8, 4) is 0 Å². The van der Waals surface area contributed by atoms with Crippen molar-refractivity contribution in [1.82, 2.24) is 4.98 Å². The zero-order valence-electron chi connectivity index (χ0n) is 24.1. The van der Waals surface area contributed by atoms with Gasteiger partial charge in [-0.2, -0.15) is 13.2 Å². The van der Waals surface area contributed by atoms with Crippen molar-refractivity contribution >= 4 is 11.8 Å². The number of benzene rings is 1. The second kappa shape index (κ2) is 15.8. The SMILES string of the molecule is C1CC1.CC.CC.CC(Cc1ccc2c(c1)CC(C1CCN(c3ncccc3C(F)(F)F)CC1)OC2)C(=O)O. The Labute approximate surface area is 231 Å². The zero-order valence-corrected chi connectivity index (χ0v) is 24.1. The molecule has 1 N–H and O–H groups in total. The van der Waals surface area contributed by atoms with Crippen LogP contribution >= 0.6 is 0 Å². The Morgan fingerprint density at radius 2 is 1.72 bits per heavy atom. The minimum absolute atomic E-state index is 0.00514. The fourth-order valence-corrected chi connectivity index (χ4v) is 4.71. The van der Waals surface area contributed by atoms with Crippen LogP contribution in [0, 0.1) is 11.8 Å². The number of carbonyl (C=O) groups is 1. The Bertz CT molecular complexity index is 1020. The maximum Gasteiger partial charge on any atom is 0.419 e. The number of fused-ring (bicyclic) bond motifs is 1. The van der Waals surface area contributed by atoms with E-state index < -0.39 is 23.6 Å². The molecule has 1 saturated carbocycles. The number of aromatic nitrogens is 1. The van der Waals surface area contributed by atoms with Crippen LogP contribution in [0.15, 0.2) is 36.5 Å². The monoisotopic (exact) mass is 550 g/mol. The van der Waals surface area contributed by atoms with Crippen molar-refractivity contribution in [2.75, 3.05) is 18.0 Å². The molecular formula is C31H45F3N2O3. The highest BCUT2D eigenvalue weighted by Crippen LogP contribution is 2.38. The maximum atomic E-state index is 13.3. The number of hydrogen-bond acceptors (Lipinski definition) is 4. The van der Waals surface area contributed by atoms with Crippen LogP contribution in [0.25, 0.3) is 0 Å². The summed E-state index contributed by atoms with van der Waals surface area (Å²) in [6, 6.07) is 8.46. The van der Waals surface area contributed by atoms with Gasteiger partial charge in [0.15, 0.2) is 0 Å². The number of carboxylic acid groups (broad SMARTS) is 1. The summed E-state index contributed by atoms with van der Waals surface area (Å²) in [5, 5.41) is 9.17. The Balaban J connectivity index is 0.000000685. The molecule has 2 unspecified atom stereocenters. The molecule has 5 rings (SSSR count). The Kier molecular flexibility index (Phi) is 13.2. The molecule has 1 aromatic heterocycles. The maximum absolute atomic E-state index is 13.3. The lowest BCUT2D eigenvalue weighted by atomic mass is 9.84. The molecule has 1 saturated heterocycles. The van der Waals surface area contributed by atoms with Gasteiger partial charge in [-0.3, -0.25) is 4.79 Å². The number of rotatable bonds is 5. The minimum Gasteiger partial charge on any atom is -0.481 e. The van der Waals surface area contributed by atoms with E-state index in [0.717, 1.165) is 36.5 Å². The molecule has 1 aliphatic carbocycles. The van der Waals surface area contributed by atoms with Crippen LogP contribution in [-0.2, 0) is 35.2 Å². The van der Waals surface area contributed by atoms with E-state index in [1.54, 1.807) is 11.8 Å². The van der Waals surface area contributed by atoms with Gasteiger partial charge in [0.25, 0.3) is 0 Å². The van der Waals surface area contributed by atoms with E-state index in [9.17, 15) is 18.0 Å². The standard InChI is InChI=1S/C24H27F3N2O3.C3H6.2C2H6/c1-15(23(30)31)11-16-4-5-18-14-32-21(13-19(18)12-16)17-6-9-29(10-7-17)22-20(24(25,26)27)3-2-8-28-22;1-2-3-1;2*1-2/h2-5,8,12,15,17,21H,6-7,9-11,13-14H2,1H3,(H,30,31);1-3H2;2*1-2H3. The molecule has 39 heavy (non-hydrogen) atoms. The Hall–Kier alpha value is -2.61. The highest BCUT2D eigenvalue weighted by molar-refractivity contribution is 5.69. The van der Waals surface area contributed by atoms with Crippen molar-refractivity contribution in [3.05, 3.63) is 58.8 Å². The highest BCUT2D eigenvalue weighted by atomic mass is 19.4. The second-order valence-corrected chi connectivity index (χ2v) is 9.86. The van der Waals surface area contributed by atoms with E-state index in [4.69, 9.17) is 9.84 Å². The van der Waals surface area contributed by atoms with Crippen LogP contribution in [-0.4, -0.2) is 35.3 Å². The van der Waals surface area contributed by atoms with Gasteiger partial charge in [0.1, 0.15) is 5.82 Å². The van der Waals surface area contributed by atoms with Gasteiger partial charge in [0.2, 0.25) is 0 Å². The van der Waals surface area contributed by atoms with Gasteiger partial charge in [-0.1, -0.05) is 72.1 Å². The first-order valence-corrected chi connectivity index (χ1v) is 14.4.